The van der Waals surface area contributed by atoms with E-state index >= 15 is 0 Å². The summed E-state index contributed by atoms with van der Waals surface area (Å²) in [6, 6.07) is 3.44. The number of nitrogens with two attached hydrogens (primary N) is 2. The molecule has 19 heavy (non-hydrogen) atoms. The van der Waals surface area contributed by atoms with Crippen LogP contribution < -0.4 is 16.6 Å². The van der Waals surface area contributed by atoms with Crippen molar-refractivity contribution in [3.63, 3.8) is 0 Å². The number of benzene rings is 1. The van der Waals surface area contributed by atoms with E-state index in [2.05, 4.69) is 10.2 Å². The Morgan fingerprint density at radius 2 is 1.89 bits per heavy atom. The molecule has 1 rings (SSSR count). The molecule has 0 saturated carbocycles. The normalized spacial score (nSPS) is 11.5. The first kappa shape index (κ1) is 14.7. The SMILES string of the molecule is CC(C)(C)c1cc(C=O)c(O)c(C=[NH+]N=C(N)N)c1. The molecule has 0 aromatic heterocycles. The van der Waals surface area contributed by atoms with Gasteiger partial charge in [-0.1, -0.05) is 20.8 Å². The number of carbonyl (C=O) groups excluding carboxylic acids is 1. The van der Waals surface area contributed by atoms with Crippen molar-refractivity contribution in [3.8, 4) is 5.75 Å². The molecule has 0 heterocycles. The van der Waals surface area contributed by atoms with Gasteiger partial charge < -0.3 is 16.6 Å². The van der Waals surface area contributed by atoms with Gasteiger partial charge in [0.2, 0.25) is 6.21 Å². The van der Waals surface area contributed by atoms with Gasteiger partial charge in [0, 0.05) is 5.10 Å². The minimum atomic E-state index is -0.149. The highest BCUT2D eigenvalue weighted by atomic mass is 16.3. The van der Waals surface area contributed by atoms with Gasteiger partial charge in [-0.25, -0.2) is 0 Å². The lowest BCUT2D eigenvalue weighted by Gasteiger charge is -2.20. The van der Waals surface area contributed by atoms with Crippen LogP contribution in [0.15, 0.2) is 17.2 Å². The minimum Gasteiger partial charge on any atom is -0.506 e. The highest BCUT2D eigenvalue weighted by Crippen LogP contribution is 2.29. The van der Waals surface area contributed by atoms with E-state index in [4.69, 9.17) is 11.5 Å². The number of carbonyl (C=O) groups is 1. The van der Waals surface area contributed by atoms with Crippen LogP contribution in [0.25, 0.3) is 0 Å². The molecule has 0 fully saturated rings. The molecular formula is C13H19N4O2+. The first-order chi connectivity index (χ1) is 8.75. The molecule has 102 valence electrons. The molecule has 0 unspecified atom stereocenters. The van der Waals surface area contributed by atoms with Crippen LogP contribution in [0.5, 0.6) is 5.75 Å². The van der Waals surface area contributed by atoms with Crippen molar-refractivity contribution in [2.45, 2.75) is 26.2 Å². The van der Waals surface area contributed by atoms with Crippen molar-refractivity contribution < 1.29 is 15.0 Å². The Morgan fingerprint density at radius 1 is 1.32 bits per heavy atom. The molecule has 0 spiro atoms. The van der Waals surface area contributed by atoms with E-state index in [0.717, 1.165) is 5.56 Å². The maximum absolute atomic E-state index is 11.0. The maximum atomic E-state index is 11.0. The summed E-state index contributed by atoms with van der Waals surface area (Å²) in [6.07, 6.45) is 2.04. The molecule has 6 nitrogen and oxygen atoms in total. The fourth-order valence-electron chi connectivity index (χ4n) is 1.49. The second kappa shape index (κ2) is 5.51. The zero-order chi connectivity index (χ0) is 14.6. The molecule has 0 aliphatic rings. The first-order valence-corrected chi connectivity index (χ1v) is 5.75. The van der Waals surface area contributed by atoms with E-state index in [1.165, 1.54) is 6.21 Å². The summed E-state index contributed by atoms with van der Waals surface area (Å²) >= 11 is 0. The predicted molar refractivity (Wildman–Crippen MR) is 74.1 cm³/mol. The van der Waals surface area contributed by atoms with Crippen LogP contribution in [0.4, 0.5) is 0 Å². The summed E-state index contributed by atoms with van der Waals surface area (Å²) in [6.45, 7) is 6.05. The molecule has 1 aromatic rings. The van der Waals surface area contributed by atoms with E-state index in [1.54, 1.807) is 12.1 Å². The number of nitrogens with one attached hydrogen (secondary N) is 1. The van der Waals surface area contributed by atoms with Crippen molar-refractivity contribution >= 4 is 18.5 Å². The molecule has 6 N–H and O–H groups in total. The number of rotatable bonds is 3. The summed E-state index contributed by atoms with van der Waals surface area (Å²) in [7, 11) is 0. The Labute approximate surface area is 111 Å². The van der Waals surface area contributed by atoms with Crippen molar-refractivity contribution in [1.29, 1.82) is 0 Å². The summed E-state index contributed by atoms with van der Waals surface area (Å²) in [4.78, 5) is 11.0. The van der Waals surface area contributed by atoms with E-state index < -0.39 is 0 Å². The third kappa shape index (κ3) is 3.80. The number of nitrogens with zero attached hydrogens (tertiary/aromatic N) is 1. The monoisotopic (exact) mass is 263 g/mol. The summed E-state index contributed by atoms with van der Waals surface area (Å²) < 4.78 is 0. The maximum Gasteiger partial charge on any atom is 0.256 e. The van der Waals surface area contributed by atoms with E-state index in [0.29, 0.717) is 11.8 Å². The van der Waals surface area contributed by atoms with Gasteiger partial charge in [0.15, 0.2) is 6.29 Å². The van der Waals surface area contributed by atoms with Crippen molar-refractivity contribution in [1.82, 2.24) is 0 Å². The van der Waals surface area contributed by atoms with Crippen molar-refractivity contribution in [2.75, 3.05) is 0 Å². The number of aldehydes is 1. The molecule has 0 bridgehead atoms. The van der Waals surface area contributed by atoms with E-state index in [9.17, 15) is 9.90 Å². The van der Waals surface area contributed by atoms with Gasteiger partial charge in [-0.3, -0.25) is 4.79 Å². The summed E-state index contributed by atoms with van der Waals surface area (Å²) in [5.74, 6) is -0.236. The Morgan fingerprint density at radius 3 is 2.37 bits per heavy atom. The number of phenolic OH excluding ortho intramolecular Hbond substituents is 1. The van der Waals surface area contributed by atoms with Crippen LogP contribution in [0.1, 0.15) is 42.3 Å². The molecule has 1 aromatic carbocycles. The summed E-state index contributed by atoms with van der Waals surface area (Å²) in [5, 5.41) is 16.0. The molecule has 0 aliphatic heterocycles. The van der Waals surface area contributed by atoms with Gasteiger partial charge in [-0.2, -0.15) is 0 Å². The average Bonchev–Trinajstić information content (AvgIpc) is 2.29. The lowest BCUT2D eigenvalue weighted by atomic mass is 9.85. The largest absolute Gasteiger partial charge is 0.506 e. The second-order valence-electron chi connectivity index (χ2n) is 5.18. The molecular weight excluding hydrogens is 244 g/mol. The zero-order valence-electron chi connectivity index (χ0n) is 11.3. The molecule has 0 aliphatic carbocycles. The lowest BCUT2D eigenvalue weighted by Crippen LogP contribution is -2.63. The second-order valence-corrected chi connectivity index (χ2v) is 5.18. The Hall–Kier alpha value is -2.37. The van der Waals surface area contributed by atoms with E-state index in [-0.39, 0.29) is 22.7 Å². The van der Waals surface area contributed by atoms with Gasteiger partial charge >= 0.3 is 0 Å². The minimum absolute atomic E-state index is 0.110. The highest BCUT2D eigenvalue weighted by Gasteiger charge is 2.18. The Balaban J connectivity index is 3.34. The first-order valence-electron chi connectivity index (χ1n) is 5.75. The van der Waals surface area contributed by atoms with Crippen LogP contribution in [0, 0.1) is 0 Å². The van der Waals surface area contributed by atoms with Crippen molar-refractivity contribution in [3.05, 3.63) is 28.8 Å². The van der Waals surface area contributed by atoms with E-state index in [1.807, 2.05) is 20.8 Å². The third-order valence-electron chi connectivity index (χ3n) is 2.58. The molecule has 6 heteroatoms. The standard InChI is InChI=1S/C13H18N4O2/c1-13(2,3)10-4-8(6-16-17-12(14)15)11(19)9(5-10)7-18/h4-7,19H,1-3H3,(H4,14,15,17)/p+1. The van der Waals surface area contributed by atoms with Gasteiger partial charge in [-0.15, -0.1) is 5.10 Å². The summed E-state index contributed by atoms with van der Waals surface area (Å²) in [5.41, 5.74) is 11.8. The van der Waals surface area contributed by atoms with Crippen LogP contribution in [0.2, 0.25) is 0 Å². The van der Waals surface area contributed by atoms with Gasteiger partial charge in [0.05, 0.1) is 11.1 Å². The van der Waals surface area contributed by atoms with Crippen LogP contribution in [-0.4, -0.2) is 23.6 Å². The number of hydrazone groups is 1. The van der Waals surface area contributed by atoms with Crippen molar-refractivity contribution in [2.24, 2.45) is 16.6 Å². The highest BCUT2D eigenvalue weighted by molar-refractivity contribution is 5.89. The number of hydrogen-bond acceptors (Lipinski definition) is 3. The quantitative estimate of drug-likeness (QED) is 0.247. The van der Waals surface area contributed by atoms with Crippen LogP contribution in [-0.2, 0) is 5.41 Å². The fraction of sp³-hybridized carbons (Fsp3) is 0.308. The number of guanidine groups is 1. The van der Waals surface area contributed by atoms with Gasteiger partial charge in [0.25, 0.3) is 5.96 Å². The smallest absolute Gasteiger partial charge is 0.256 e. The van der Waals surface area contributed by atoms with Crippen LogP contribution >= 0.6 is 0 Å². The number of aromatic hydroxyl groups is 1. The molecule has 0 atom stereocenters. The lowest BCUT2D eigenvalue weighted by molar-refractivity contribution is -0.456. The third-order valence-corrected chi connectivity index (χ3v) is 2.58. The zero-order valence-corrected chi connectivity index (χ0v) is 11.3. The Bertz CT molecular complexity index is 538. The predicted octanol–water partition coefficient (Wildman–Crippen LogP) is -0.810. The molecule has 0 radical (unpaired) electrons. The molecule has 0 saturated heterocycles. The Kier molecular flexibility index (Phi) is 4.26. The average molecular weight is 263 g/mol. The molecule has 0 amide bonds. The van der Waals surface area contributed by atoms with Gasteiger partial charge in [-0.05, 0) is 23.1 Å². The van der Waals surface area contributed by atoms with Crippen LogP contribution in [0.3, 0.4) is 0 Å². The number of hydrogen-bond donors (Lipinski definition) is 4. The topological polar surface area (TPSA) is 116 Å². The number of phenols is 1. The fourth-order valence-corrected chi connectivity index (χ4v) is 1.49. The van der Waals surface area contributed by atoms with Gasteiger partial charge in [0.1, 0.15) is 5.75 Å².